The lowest BCUT2D eigenvalue weighted by molar-refractivity contribution is -0.124. The first kappa shape index (κ1) is 21.3. The molecule has 0 spiro atoms. The standard InChI is InChI=1S/C17H26N3O4S/c1-13(2)15(12-21)20-16(22)17(19,10-6-7-11-18)25(23,24)14-8-4-3-5-9-14/h3-5,8-9,13,15H,6-7,10-11,18-19H2,1-2H3,(H,20,22)/t15-,17-/m1/s1. The molecular formula is C17H26N3O4S. The molecular weight excluding hydrogens is 342 g/mol. The van der Waals surface area contributed by atoms with E-state index in [9.17, 15) is 18.0 Å². The van der Waals surface area contributed by atoms with Crippen molar-refractivity contribution in [3.63, 3.8) is 0 Å². The molecule has 0 heterocycles. The molecule has 0 aromatic heterocycles. The minimum atomic E-state index is -4.16. The van der Waals surface area contributed by atoms with Gasteiger partial charge in [-0.3, -0.25) is 9.59 Å². The Labute approximate surface area is 149 Å². The van der Waals surface area contributed by atoms with Crippen molar-refractivity contribution in [2.75, 3.05) is 6.54 Å². The molecule has 25 heavy (non-hydrogen) atoms. The van der Waals surface area contributed by atoms with Gasteiger partial charge in [-0.1, -0.05) is 32.0 Å². The molecule has 0 saturated carbocycles. The lowest BCUT2D eigenvalue weighted by Gasteiger charge is -2.30. The van der Waals surface area contributed by atoms with Crippen LogP contribution in [0.25, 0.3) is 0 Å². The SMILES string of the molecule is CC(C)[C@@H]([C]=O)NC(=O)[C@@](N)(CCCCN)S(=O)(=O)c1ccccc1. The quantitative estimate of drug-likeness (QED) is 0.515. The van der Waals surface area contributed by atoms with Gasteiger partial charge < -0.3 is 16.8 Å². The predicted octanol–water partition coefficient (Wildman–Crippen LogP) is 0.495. The summed E-state index contributed by atoms with van der Waals surface area (Å²) in [6, 6.07) is 6.62. The van der Waals surface area contributed by atoms with Gasteiger partial charge in [0.05, 0.1) is 10.9 Å². The largest absolute Gasteiger partial charge is 0.343 e. The number of rotatable bonds is 10. The Morgan fingerprint density at radius 2 is 1.84 bits per heavy atom. The van der Waals surface area contributed by atoms with Crippen LogP contribution in [-0.2, 0) is 19.4 Å². The maximum Gasteiger partial charge on any atom is 0.256 e. The Hall–Kier alpha value is -1.77. The molecule has 0 fully saturated rings. The molecule has 1 radical (unpaired) electrons. The van der Waals surface area contributed by atoms with Crippen LogP contribution in [0.2, 0.25) is 0 Å². The maximum atomic E-state index is 13.0. The van der Waals surface area contributed by atoms with Gasteiger partial charge in [-0.25, -0.2) is 8.42 Å². The first-order valence-corrected chi connectivity index (χ1v) is 9.66. The monoisotopic (exact) mass is 368 g/mol. The number of benzene rings is 1. The molecule has 2 atom stereocenters. The van der Waals surface area contributed by atoms with Crippen LogP contribution in [0.3, 0.4) is 0 Å². The summed E-state index contributed by atoms with van der Waals surface area (Å²) in [5, 5.41) is 2.41. The number of amides is 1. The molecule has 0 saturated heterocycles. The number of nitrogens with two attached hydrogens (primary N) is 2. The Kier molecular flexibility index (Phi) is 7.72. The number of hydrogen-bond donors (Lipinski definition) is 3. The second-order valence-electron chi connectivity index (χ2n) is 6.26. The van der Waals surface area contributed by atoms with E-state index in [2.05, 4.69) is 5.32 Å². The lowest BCUT2D eigenvalue weighted by atomic mass is 10.0. The number of hydrogen-bond acceptors (Lipinski definition) is 6. The summed E-state index contributed by atoms with van der Waals surface area (Å²) in [6.45, 7) is 3.79. The Morgan fingerprint density at radius 1 is 1.24 bits per heavy atom. The predicted molar refractivity (Wildman–Crippen MR) is 95.9 cm³/mol. The molecule has 1 aromatic rings. The van der Waals surface area contributed by atoms with E-state index < -0.39 is 26.7 Å². The Morgan fingerprint density at radius 3 is 2.32 bits per heavy atom. The molecule has 1 rings (SSSR count). The first-order chi connectivity index (χ1) is 11.7. The molecule has 139 valence electrons. The van der Waals surface area contributed by atoms with Gasteiger partial charge in [-0.2, -0.15) is 0 Å². The van der Waals surface area contributed by atoms with Crippen molar-refractivity contribution in [1.82, 2.24) is 5.32 Å². The third kappa shape index (κ3) is 4.87. The van der Waals surface area contributed by atoms with Crippen LogP contribution in [0.5, 0.6) is 0 Å². The zero-order valence-electron chi connectivity index (χ0n) is 14.6. The van der Waals surface area contributed by atoms with Crippen molar-refractivity contribution in [1.29, 1.82) is 0 Å². The zero-order chi connectivity index (χ0) is 19.1. The van der Waals surface area contributed by atoms with Gasteiger partial charge in [-0.05, 0) is 43.9 Å². The minimum absolute atomic E-state index is 0.0448. The van der Waals surface area contributed by atoms with Gasteiger partial charge in [0.25, 0.3) is 5.91 Å². The van der Waals surface area contributed by atoms with E-state index in [1.54, 1.807) is 38.3 Å². The summed E-state index contributed by atoms with van der Waals surface area (Å²) in [4.78, 5) is 21.5. The smallest absolute Gasteiger partial charge is 0.256 e. The molecule has 0 bridgehead atoms. The highest BCUT2D eigenvalue weighted by atomic mass is 32.2. The van der Waals surface area contributed by atoms with Crippen LogP contribution in [0, 0.1) is 5.92 Å². The van der Waals surface area contributed by atoms with Gasteiger partial charge in [0.2, 0.25) is 21.0 Å². The summed E-state index contributed by atoms with van der Waals surface area (Å²) in [6.07, 6.45) is 2.51. The van der Waals surface area contributed by atoms with Crippen molar-refractivity contribution in [2.24, 2.45) is 17.4 Å². The van der Waals surface area contributed by atoms with E-state index in [1.807, 2.05) is 0 Å². The zero-order valence-corrected chi connectivity index (χ0v) is 15.4. The third-order valence-electron chi connectivity index (χ3n) is 4.00. The summed E-state index contributed by atoms with van der Waals surface area (Å²) in [5.41, 5.74) is 11.6. The van der Waals surface area contributed by atoms with Gasteiger partial charge >= 0.3 is 0 Å². The highest BCUT2D eigenvalue weighted by Crippen LogP contribution is 2.27. The van der Waals surface area contributed by atoms with E-state index in [1.165, 1.54) is 12.1 Å². The Bertz CT molecular complexity index is 676. The number of sulfone groups is 1. The van der Waals surface area contributed by atoms with Crippen LogP contribution in [0.4, 0.5) is 0 Å². The molecule has 5 N–H and O–H groups in total. The topological polar surface area (TPSA) is 132 Å². The summed E-state index contributed by atoms with van der Waals surface area (Å²) >= 11 is 0. The van der Waals surface area contributed by atoms with E-state index in [0.29, 0.717) is 19.4 Å². The van der Waals surface area contributed by atoms with Crippen molar-refractivity contribution in [3.05, 3.63) is 30.3 Å². The van der Waals surface area contributed by atoms with Crippen LogP contribution < -0.4 is 16.8 Å². The third-order valence-corrected chi connectivity index (χ3v) is 6.24. The lowest BCUT2D eigenvalue weighted by Crippen LogP contribution is -2.61. The van der Waals surface area contributed by atoms with Gasteiger partial charge in [0, 0.05) is 0 Å². The molecule has 7 nitrogen and oxygen atoms in total. The van der Waals surface area contributed by atoms with Crippen LogP contribution >= 0.6 is 0 Å². The highest BCUT2D eigenvalue weighted by Gasteiger charge is 2.48. The van der Waals surface area contributed by atoms with Gasteiger partial charge in [0.15, 0.2) is 0 Å². The minimum Gasteiger partial charge on any atom is -0.343 e. The van der Waals surface area contributed by atoms with Crippen LogP contribution in [0.15, 0.2) is 35.2 Å². The molecule has 1 amide bonds. The van der Waals surface area contributed by atoms with Crippen LogP contribution in [-0.4, -0.2) is 38.1 Å². The average Bonchev–Trinajstić information content (AvgIpc) is 2.59. The van der Waals surface area contributed by atoms with E-state index in [0.717, 1.165) is 0 Å². The number of carbonyl (C=O) groups excluding carboxylic acids is 2. The molecule has 8 heteroatoms. The molecule has 0 unspecified atom stereocenters. The van der Waals surface area contributed by atoms with E-state index in [4.69, 9.17) is 11.5 Å². The van der Waals surface area contributed by atoms with Crippen molar-refractivity contribution < 1.29 is 18.0 Å². The molecule has 0 aliphatic carbocycles. The second-order valence-corrected chi connectivity index (χ2v) is 8.47. The fraction of sp³-hybridized carbons (Fsp3) is 0.529. The van der Waals surface area contributed by atoms with Crippen molar-refractivity contribution in [2.45, 2.75) is 48.9 Å². The number of nitrogens with one attached hydrogen (secondary N) is 1. The fourth-order valence-corrected chi connectivity index (χ4v) is 3.96. The first-order valence-electron chi connectivity index (χ1n) is 8.18. The maximum absolute atomic E-state index is 13.0. The Balaban J connectivity index is 3.25. The van der Waals surface area contributed by atoms with Gasteiger partial charge in [0.1, 0.15) is 0 Å². The van der Waals surface area contributed by atoms with E-state index >= 15 is 0 Å². The highest BCUT2D eigenvalue weighted by molar-refractivity contribution is 7.93. The molecule has 0 aliphatic heterocycles. The normalized spacial score (nSPS) is 15.4. The van der Waals surface area contributed by atoms with Crippen molar-refractivity contribution >= 4 is 22.0 Å². The number of unbranched alkanes of at least 4 members (excludes halogenated alkanes) is 1. The molecule has 0 aliphatic rings. The van der Waals surface area contributed by atoms with E-state index in [-0.39, 0.29) is 17.2 Å². The average molecular weight is 368 g/mol. The fourth-order valence-electron chi connectivity index (χ4n) is 2.31. The summed E-state index contributed by atoms with van der Waals surface area (Å²) in [7, 11) is -4.16. The number of carbonyl (C=O) groups is 1. The van der Waals surface area contributed by atoms with Crippen molar-refractivity contribution in [3.8, 4) is 0 Å². The summed E-state index contributed by atoms with van der Waals surface area (Å²) < 4.78 is 26.0. The summed E-state index contributed by atoms with van der Waals surface area (Å²) in [5.74, 6) is -1.15. The van der Waals surface area contributed by atoms with Gasteiger partial charge in [-0.15, -0.1) is 0 Å². The van der Waals surface area contributed by atoms with Crippen LogP contribution in [0.1, 0.15) is 33.1 Å². The second kappa shape index (κ2) is 9.07. The molecule has 1 aromatic carbocycles.